The van der Waals surface area contributed by atoms with Crippen LogP contribution in [0.5, 0.6) is 0 Å². The Bertz CT molecular complexity index is 543. The number of benzene rings is 1. The second kappa shape index (κ2) is 6.09. The van der Waals surface area contributed by atoms with E-state index in [2.05, 4.69) is 15.5 Å². The van der Waals surface area contributed by atoms with E-state index in [1.165, 1.54) is 6.07 Å². The van der Waals surface area contributed by atoms with Gasteiger partial charge in [0.15, 0.2) is 5.69 Å². The number of rotatable bonds is 4. The lowest BCUT2D eigenvalue weighted by Gasteiger charge is -2.16. The predicted molar refractivity (Wildman–Crippen MR) is 70.6 cm³/mol. The van der Waals surface area contributed by atoms with Gasteiger partial charge in [-0.2, -0.15) is 13.2 Å². The third kappa shape index (κ3) is 3.60. The average molecular weight is 302 g/mol. The number of hydrogen-bond donors (Lipinski definition) is 1. The summed E-state index contributed by atoms with van der Waals surface area (Å²) >= 11 is 5.87. The van der Waals surface area contributed by atoms with Crippen molar-refractivity contribution >= 4 is 17.4 Å². The number of nitrogens with one attached hydrogen (secondary N) is 1. The molecule has 0 aliphatic heterocycles. The number of anilines is 1. The van der Waals surface area contributed by atoms with Crippen LogP contribution in [-0.4, -0.2) is 16.1 Å². The molecule has 0 spiro atoms. The van der Waals surface area contributed by atoms with Gasteiger partial charge in [-0.25, -0.2) is 0 Å². The molecule has 20 heavy (non-hydrogen) atoms. The first kappa shape index (κ1) is 14.6. The summed E-state index contributed by atoms with van der Waals surface area (Å²) in [7, 11) is 0. The lowest BCUT2D eigenvalue weighted by molar-refractivity contribution is -0.141. The van der Waals surface area contributed by atoms with E-state index < -0.39 is 11.9 Å². The molecule has 0 aliphatic rings. The number of alkyl halides is 4. The molecule has 2 rings (SSSR count). The minimum Gasteiger partial charge on any atom is -0.361 e. The van der Waals surface area contributed by atoms with Crippen molar-refractivity contribution in [1.29, 1.82) is 0 Å². The smallest absolute Gasteiger partial charge is 0.361 e. The Morgan fingerprint density at radius 3 is 2.25 bits per heavy atom. The summed E-state index contributed by atoms with van der Waals surface area (Å²) in [6.07, 6.45) is -4.49. The summed E-state index contributed by atoms with van der Waals surface area (Å²) in [6, 6.07) is 11.2. The minimum absolute atomic E-state index is 0.243. The second-order valence-electron chi connectivity index (χ2n) is 4.06. The van der Waals surface area contributed by atoms with Gasteiger partial charge in [-0.15, -0.1) is 21.8 Å². The number of nitrogens with zero attached hydrogens (tertiary/aromatic N) is 2. The fourth-order valence-corrected chi connectivity index (χ4v) is 1.89. The van der Waals surface area contributed by atoms with Crippen LogP contribution >= 0.6 is 11.6 Å². The van der Waals surface area contributed by atoms with Crippen LogP contribution in [0.15, 0.2) is 42.5 Å². The molecule has 0 bridgehead atoms. The molecule has 0 saturated carbocycles. The zero-order valence-electron chi connectivity index (χ0n) is 10.2. The molecule has 106 valence electrons. The fourth-order valence-electron chi connectivity index (χ4n) is 1.64. The standard InChI is InChI=1S/C13H11ClF3N3/c14-8-10(9-4-2-1-3-5-9)18-12-7-6-11(19-20-12)13(15,16)17/h1-7,10H,8H2,(H,18,20). The number of hydrogen-bond acceptors (Lipinski definition) is 3. The second-order valence-corrected chi connectivity index (χ2v) is 4.37. The molecule has 1 N–H and O–H groups in total. The van der Waals surface area contributed by atoms with E-state index >= 15 is 0 Å². The molecule has 0 aliphatic carbocycles. The predicted octanol–water partition coefficient (Wildman–Crippen LogP) is 3.89. The Hall–Kier alpha value is -1.82. The van der Waals surface area contributed by atoms with Gasteiger partial charge in [0, 0.05) is 5.88 Å². The molecule has 0 saturated heterocycles. The number of halogens is 4. The van der Waals surface area contributed by atoms with Crippen LogP contribution in [0.4, 0.5) is 19.0 Å². The van der Waals surface area contributed by atoms with Crippen molar-refractivity contribution in [2.75, 3.05) is 11.2 Å². The normalized spacial score (nSPS) is 13.0. The topological polar surface area (TPSA) is 37.8 Å². The molecule has 0 amide bonds. The lowest BCUT2D eigenvalue weighted by atomic mass is 10.1. The number of aromatic nitrogens is 2. The Balaban J connectivity index is 2.13. The molecule has 2 aromatic rings. The van der Waals surface area contributed by atoms with Crippen LogP contribution in [0.1, 0.15) is 17.3 Å². The molecule has 1 aromatic heterocycles. The first-order chi connectivity index (χ1) is 9.50. The van der Waals surface area contributed by atoms with E-state index in [-0.39, 0.29) is 17.7 Å². The van der Waals surface area contributed by atoms with E-state index in [0.717, 1.165) is 11.6 Å². The van der Waals surface area contributed by atoms with Crippen molar-refractivity contribution < 1.29 is 13.2 Å². The molecule has 1 unspecified atom stereocenters. The van der Waals surface area contributed by atoms with E-state index in [4.69, 9.17) is 11.6 Å². The zero-order chi connectivity index (χ0) is 14.6. The average Bonchev–Trinajstić information content (AvgIpc) is 2.45. The first-order valence-corrected chi connectivity index (χ1v) is 6.32. The maximum atomic E-state index is 12.4. The molecular weight excluding hydrogens is 291 g/mol. The molecule has 1 heterocycles. The maximum absolute atomic E-state index is 12.4. The van der Waals surface area contributed by atoms with Gasteiger partial charge in [-0.1, -0.05) is 30.3 Å². The quantitative estimate of drug-likeness (QED) is 0.871. The highest BCUT2D eigenvalue weighted by molar-refractivity contribution is 6.18. The van der Waals surface area contributed by atoms with Gasteiger partial charge in [-0.3, -0.25) is 0 Å². The molecule has 1 atom stereocenters. The van der Waals surface area contributed by atoms with Crippen LogP contribution < -0.4 is 5.32 Å². The minimum atomic E-state index is -4.49. The van der Waals surface area contributed by atoms with Crippen LogP contribution in [0.2, 0.25) is 0 Å². The summed E-state index contributed by atoms with van der Waals surface area (Å²) in [5, 5.41) is 9.62. The Morgan fingerprint density at radius 1 is 1.05 bits per heavy atom. The van der Waals surface area contributed by atoms with Crippen LogP contribution in [0, 0.1) is 0 Å². The monoisotopic (exact) mass is 301 g/mol. The van der Waals surface area contributed by atoms with Crippen molar-refractivity contribution in [1.82, 2.24) is 10.2 Å². The first-order valence-electron chi connectivity index (χ1n) is 5.79. The molecular formula is C13H11ClF3N3. The fraction of sp³-hybridized carbons (Fsp3) is 0.231. The Kier molecular flexibility index (Phi) is 4.44. The highest BCUT2D eigenvalue weighted by Gasteiger charge is 2.32. The third-order valence-corrected chi connectivity index (χ3v) is 2.94. The van der Waals surface area contributed by atoms with Crippen LogP contribution in [0.25, 0.3) is 0 Å². The van der Waals surface area contributed by atoms with E-state index in [1.807, 2.05) is 30.3 Å². The maximum Gasteiger partial charge on any atom is 0.435 e. The van der Waals surface area contributed by atoms with Gasteiger partial charge in [0.25, 0.3) is 0 Å². The summed E-state index contributed by atoms with van der Waals surface area (Å²) < 4.78 is 37.1. The van der Waals surface area contributed by atoms with Crippen molar-refractivity contribution in [3.05, 3.63) is 53.7 Å². The highest BCUT2D eigenvalue weighted by Crippen LogP contribution is 2.27. The van der Waals surface area contributed by atoms with Crippen LogP contribution in [0.3, 0.4) is 0 Å². The van der Waals surface area contributed by atoms with Crippen molar-refractivity contribution in [2.45, 2.75) is 12.2 Å². The summed E-state index contributed by atoms with van der Waals surface area (Å²) in [6.45, 7) is 0. The Morgan fingerprint density at radius 2 is 1.75 bits per heavy atom. The summed E-state index contributed by atoms with van der Waals surface area (Å²) in [4.78, 5) is 0. The largest absolute Gasteiger partial charge is 0.435 e. The highest BCUT2D eigenvalue weighted by atomic mass is 35.5. The molecule has 1 aromatic carbocycles. The lowest BCUT2D eigenvalue weighted by Crippen LogP contribution is -2.15. The van der Waals surface area contributed by atoms with Gasteiger partial charge in [0.1, 0.15) is 5.82 Å². The van der Waals surface area contributed by atoms with Crippen molar-refractivity contribution in [3.63, 3.8) is 0 Å². The van der Waals surface area contributed by atoms with Crippen LogP contribution in [-0.2, 0) is 6.18 Å². The van der Waals surface area contributed by atoms with Gasteiger partial charge in [-0.05, 0) is 17.7 Å². The molecule has 3 nitrogen and oxygen atoms in total. The zero-order valence-corrected chi connectivity index (χ0v) is 11.0. The van der Waals surface area contributed by atoms with Gasteiger partial charge in [0.05, 0.1) is 6.04 Å². The van der Waals surface area contributed by atoms with E-state index in [9.17, 15) is 13.2 Å². The molecule has 0 radical (unpaired) electrons. The van der Waals surface area contributed by atoms with Crippen molar-refractivity contribution in [2.24, 2.45) is 0 Å². The SMILES string of the molecule is FC(F)(F)c1ccc(NC(CCl)c2ccccc2)nn1. The third-order valence-electron chi connectivity index (χ3n) is 2.63. The summed E-state index contributed by atoms with van der Waals surface area (Å²) in [5.74, 6) is 0.500. The van der Waals surface area contributed by atoms with Gasteiger partial charge < -0.3 is 5.32 Å². The van der Waals surface area contributed by atoms with E-state index in [1.54, 1.807) is 0 Å². The summed E-state index contributed by atoms with van der Waals surface area (Å²) in [5.41, 5.74) is -0.102. The van der Waals surface area contributed by atoms with Gasteiger partial charge in [0.2, 0.25) is 0 Å². The van der Waals surface area contributed by atoms with E-state index in [0.29, 0.717) is 0 Å². The Labute approximate surface area is 118 Å². The van der Waals surface area contributed by atoms with Gasteiger partial charge >= 0.3 is 6.18 Å². The molecule has 7 heteroatoms. The van der Waals surface area contributed by atoms with Crippen molar-refractivity contribution in [3.8, 4) is 0 Å². The molecule has 0 fully saturated rings.